The standard InChI is InChI=1S/C14H17ClN4/c15-13-8-17-14(16)6-12(13)10-7-18-19(9-10)11-4-2-1-3-5-11/h6-9,11H,1-5H2,(H2,16,17). The molecule has 0 unspecified atom stereocenters. The summed E-state index contributed by atoms with van der Waals surface area (Å²) < 4.78 is 2.07. The molecule has 0 amide bonds. The second-order valence-electron chi connectivity index (χ2n) is 5.09. The van der Waals surface area contributed by atoms with Crippen molar-refractivity contribution in [2.24, 2.45) is 0 Å². The Morgan fingerprint density at radius 1 is 1.21 bits per heavy atom. The molecule has 0 spiro atoms. The summed E-state index contributed by atoms with van der Waals surface area (Å²) in [5.74, 6) is 0.477. The van der Waals surface area contributed by atoms with Gasteiger partial charge in [0.1, 0.15) is 5.82 Å². The highest BCUT2D eigenvalue weighted by molar-refractivity contribution is 6.33. The Morgan fingerprint density at radius 2 is 2.00 bits per heavy atom. The second-order valence-corrected chi connectivity index (χ2v) is 5.50. The molecule has 2 heterocycles. The van der Waals surface area contributed by atoms with Gasteiger partial charge in [-0.2, -0.15) is 5.10 Å². The summed E-state index contributed by atoms with van der Waals surface area (Å²) >= 11 is 6.17. The van der Waals surface area contributed by atoms with E-state index in [9.17, 15) is 0 Å². The van der Waals surface area contributed by atoms with Crippen LogP contribution in [0.1, 0.15) is 38.1 Å². The highest BCUT2D eigenvalue weighted by Gasteiger charge is 2.17. The number of nitrogens with two attached hydrogens (primary N) is 1. The summed E-state index contributed by atoms with van der Waals surface area (Å²) in [6.45, 7) is 0. The van der Waals surface area contributed by atoms with Gasteiger partial charge in [0.15, 0.2) is 0 Å². The molecule has 1 saturated carbocycles. The zero-order valence-electron chi connectivity index (χ0n) is 10.7. The molecule has 0 radical (unpaired) electrons. The van der Waals surface area contributed by atoms with Gasteiger partial charge in [0.25, 0.3) is 0 Å². The van der Waals surface area contributed by atoms with Gasteiger partial charge in [-0.3, -0.25) is 4.68 Å². The fourth-order valence-electron chi connectivity index (χ4n) is 2.70. The third-order valence-electron chi connectivity index (χ3n) is 3.74. The molecule has 0 aliphatic heterocycles. The first-order valence-electron chi connectivity index (χ1n) is 6.69. The smallest absolute Gasteiger partial charge is 0.124 e. The van der Waals surface area contributed by atoms with Crippen molar-refractivity contribution in [3.8, 4) is 11.1 Å². The summed E-state index contributed by atoms with van der Waals surface area (Å²) in [5.41, 5.74) is 7.62. The van der Waals surface area contributed by atoms with Crippen LogP contribution in [0, 0.1) is 0 Å². The van der Waals surface area contributed by atoms with Crippen LogP contribution in [0.4, 0.5) is 5.82 Å². The molecule has 0 bridgehead atoms. The van der Waals surface area contributed by atoms with E-state index in [1.165, 1.54) is 32.1 Å². The highest BCUT2D eigenvalue weighted by atomic mass is 35.5. The van der Waals surface area contributed by atoms with Crippen molar-refractivity contribution in [3.05, 3.63) is 29.7 Å². The zero-order valence-corrected chi connectivity index (χ0v) is 11.5. The topological polar surface area (TPSA) is 56.7 Å². The summed E-state index contributed by atoms with van der Waals surface area (Å²) in [7, 11) is 0. The lowest BCUT2D eigenvalue weighted by Gasteiger charge is -2.21. The molecule has 2 aromatic rings. The number of nitrogen functional groups attached to an aromatic ring is 1. The Morgan fingerprint density at radius 3 is 2.79 bits per heavy atom. The highest BCUT2D eigenvalue weighted by Crippen LogP contribution is 2.32. The van der Waals surface area contributed by atoms with Crippen LogP contribution in [-0.2, 0) is 0 Å². The van der Waals surface area contributed by atoms with E-state index in [2.05, 4.69) is 21.0 Å². The normalized spacial score (nSPS) is 16.7. The van der Waals surface area contributed by atoms with Crippen molar-refractivity contribution >= 4 is 17.4 Å². The number of nitrogens with zero attached hydrogens (tertiary/aromatic N) is 3. The Kier molecular flexibility index (Phi) is 3.42. The maximum atomic E-state index is 6.17. The summed E-state index contributed by atoms with van der Waals surface area (Å²) in [6.07, 6.45) is 11.9. The van der Waals surface area contributed by atoms with Gasteiger partial charge in [-0.1, -0.05) is 30.9 Å². The van der Waals surface area contributed by atoms with Gasteiger partial charge in [0, 0.05) is 23.5 Å². The van der Waals surface area contributed by atoms with E-state index in [-0.39, 0.29) is 0 Å². The molecule has 5 heteroatoms. The molecule has 2 aromatic heterocycles. The van der Waals surface area contributed by atoms with E-state index < -0.39 is 0 Å². The van der Waals surface area contributed by atoms with Crippen molar-refractivity contribution in [1.29, 1.82) is 0 Å². The second kappa shape index (κ2) is 5.21. The number of hydrogen-bond donors (Lipinski definition) is 1. The largest absolute Gasteiger partial charge is 0.384 e. The summed E-state index contributed by atoms with van der Waals surface area (Å²) in [5, 5.41) is 5.09. The predicted octanol–water partition coefficient (Wildman–Crippen LogP) is 3.69. The molecule has 1 aliphatic carbocycles. The molecule has 0 atom stereocenters. The molecule has 0 aromatic carbocycles. The molecular weight excluding hydrogens is 260 g/mol. The van der Waals surface area contributed by atoms with Crippen LogP contribution in [0.25, 0.3) is 11.1 Å². The van der Waals surface area contributed by atoms with Crippen LogP contribution >= 0.6 is 11.6 Å². The first kappa shape index (κ1) is 12.5. The number of halogens is 1. The monoisotopic (exact) mass is 276 g/mol. The number of aromatic nitrogens is 3. The molecule has 1 aliphatic rings. The average Bonchev–Trinajstić information content (AvgIpc) is 2.92. The third-order valence-corrected chi connectivity index (χ3v) is 4.04. The van der Waals surface area contributed by atoms with Crippen LogP contribution in [0.3, 0.4) is 0 Å². The summed E-state index contributed by atoms with van der Waals surface area (Å²) in [4.78, 5) is 3.98. The maximum Gasteiger partial charge on any atom is 0.124 e. The molecule has 0 saturated heterocycles. The number of anilines is 1. The average molecular weight is 277 g/mol. The van der Waals surface area contributed by atoms with E-state index in [0.29, 0.717) is 16.9 Å². The van der Waals surface area contributed by atoms with Gasteiger partial charge in [-0.05, 0) is 18.9 Å². The molecule has 1 fully saturated rings. The minimum atomic E-state index is 0.477. The van der Waals surface area contributed by atoms with Gasteiger partial charge in [-0.15, -0.1) is 0 Å². The fourth-order valence-corrected chi connectivity index (χ4v) is 2.91. The number of rotatable bonds is 2. The maximum absolute atomic E-state index is 6.17. The lowest BCUT2D eigenvalue weighted by molar-refractivity contribution is 0.329. The number of hydrogen-bond acceptors (Lipinski definition) is 3. The van der Waals surface area contributed by atoms with E-state index in [4.69, 9.17) is 17.3 Å². The molecule has 100 valence electrons. The lowest BCUT2D eigenvalue weighted by atomic mass is 9.96. The Labute approximate surface area is 117 Å². The van der Waals surface area contributed by atoms with Gasteiger partial charge < -0.3 is 5.73 Å². The quantitative estimate of drug-likeness (QED) is 0.910. The minimum Gasteiger partial charge on any atom is -0.384 e. The first-order chi connectivity index (χ1) is 9.24. The molecule has 19 heavy (non-hydrogen) atoms. The van der Waals surface area contributed by atoms with Gasteiger partial charge in [-0.25, -0.2) is 4.98 Å². The first-order valence-corrected chi connectivity index (χ1v) is 7.07. The molecular formula is C14H17ClN4. The predicted molar refractivity (Wildman–Crippen MR) is 77.0 cm³/mol. The van der Waals surface area contributed by atoms with Crippen molar-refractivity contribution < 1.29 is 0 Å². The van der Waals surface area contributed by atoms with E-state index in [0.717, 1.165) is 11.1 Å². The Bertz CT molecular complexity index is 573. The Hall–Kier alpha value is -1.55. The molecule has 2 N–H and O–H groups in total. The van der Waals surface area contributed by atoms with E-state index >= 15 is 0 Å². The number of pyridine rings is 1. The minimum absolute atomic E-state index is 0.477. The van der Waals surface area contributed by atoms with Crippen molar-refractivity contribution in [3.63, 3.8) is 0 Å². The van der Waals surface area contributed by atoms with Crippen LogP contribution in [0.15, 0.2) is 24.7 Å². The van der Waals surface area contributed by atoms with Crippen LogP contribution in [0.5, 0.6) is 0 Å². The Balaban J connectivity index is 1.89. The molecule has 3 rings (SSSR count). The van der Waals surface area contributed by atoms with E-state index in [1.807, 2.05) is 6.20 Å². The van der Waals surface area contributed by atoms with Crippen LogP contribution < -0.4 is 5.73 Å². The van der Waals surface area contributed by atoms with Crippen molar-refractivity contribution in [1.82, 2.24) is 14.8 Å². The zero-order chi connectivity index (χ0) is 13.2. The van der Waals surface area contributed by atoms with Crippen LogP contribution in [0.2, 0.25) is 5.02 Å². The summed E-state index contributed by atoms with van der Waals surface area (Å²) in [6, 6.07) is 2.32. The third kappa shape index (κ3) is 2.59. The van der Waals surface area contributed by atoms with Gasteiger partial charge in [0.2, 0.25) is 0 Å². The lowest BCUT2D eigenvalue weighted by Crippen LogP contribution is -2.12. The SMILES string of the molecule is Nc1cc(-c2cnn(C3CCCCC3)c2)c(Cl)cn1. The molecule has 4 nitrogen and oxygen atoms in total. The van der Waals surface area contributed by atoms with Crippen molar-refractivity contribution in [2.75, 3.05) is 5.73 Å². The van der Waals surface area contributed by atoms with Crippen LogP contribution in [-0.4, -0.2) is 14.8 Å². The van der Waals surface area contributed by atoms with E-state index in [1.54, 1.807) is 12.3 Å². The fraction of sp³-hybridized carbons (Fsp3) is 0.429. The van der Waals surface area contributed by atoms with Gasteiger partial charge >= 0.3 is 0 Å². The van der Waals surface area contributed by atoms with Gasteiger partial charge in [0.05, 0.1) is 17.3 Å². The van der Waals surface area contributed by atoms with Crippen molar-refractivity contribution in [2.45, 2.75) is 38.1 Å².